The number of methoxy groups -OCH3 is 1. The summed E-state index contributed by atoms with van der Waals surface area (Å²) in [7, 11) is 1.66. The summed E-state index contributed by atoms with van der Waals surface area (Å²) in [6.07, 6.45) is 2.91. The van der Waals surface area contributed by atoms with E-state index in [4.69, 9.17) is 4.74 Å². The van der Waals surface area contributed by atoms with Gasteiger partial charge in [0.2, 0.25) is 0 Å². The van der Waals surface area contributed by atoms with Gasteiger partial charge in [0, 0.05) is 28.3 Å². The SMILES string of the molecule is COc1ccc(Br)c(Cn2ccc3ccc(C=O)cc32)c1. The van der Waals surface area contributed by atoms with Crippen molar-refractivity contribution in [3.05, 3.63) is 64.3 Å². The number of aromatic nitrogens is 1. The van der Waals surface area contributed by atoms with Crippen LogP contribution in [0.25, 0.3) is 10.9 Å². The molecular weight excluding hydrogens is 330 g/mol. The lowest BCUT2D eigenvalue weighted by Crippen LogP contribution is -1.99. The molecule has 3 nitrogen and oxygen atoms in total. The van der Waals surface area contributed by atoms with Gasteiger partial charge in [-0.05, 0) is 41.3 Å². The molecule has 0 radical (unpaired) electrons. The van der Waals surface area contributed by atoms with Gasteiger partial charge >= 0.3 is 0 Å². The molecular formula is C17H14BrNO2. The molecule has 4 heteroatoms. The van der Waals surface area contributed by atoms with Crippen LogP contribution in [0.4, 0.5) is 0 Å². The van der Waals surface area contributed by atoms with Crippen molar-refractivity contribution < 1.29 is 9.53 Å². The van der Waals surface area contributed by atoms with Gasteiger partial charge < -0.3 is 9.30 Å². The Morgan fingerprint density at radius 2 is 2.05 bits per heavy atom. The van der Waals surface area contributed by atoms with Gasteiger partial charge in [0.15, 0.2) is 0 Å². The molecule has 0 saturated carbocycles. The highest BCUT2D eigenvalue weighted by Gasteiger charge is 2.07. The zero-order chi connectivity index (χ0) is 14.8. The quantitative estimate of drug-likeness (QED) is 0.662. The van der Waals surface area contributed by atoms with Crippen molar-refractivity contribution in [3.8, 4) is 5.75 Å². The predicted octanol–water partition coefficient (Wildman–Crippen LogP) is 4.27. The molecule has 106 valence electrons. The summed E-state index contributed by atoms with van der Waals surface area (Å²) in [5, 5.41) is 1.12. The second-order valence-electron chi connectivity index (χ2n) is 4.84. The highest BCUT2D eigenvalue weighted by Crippen LogP contribution is 2.25. The summed E-state index contributed by atoms with van der Waals surface area (Å²) in [4.78, 5) is 10.9. The van der Waals surface area contributed by atoms with Crippen molar-refractivity contribution in [2.75, 3.05) is 7.11 Å². The topological polar surface area (TPSA) is 31.2 Å². The third kappa shape index (κ3) is 2.72. The third-order valence-electron chi connectivity index (χ3n) is 3.53. The minimum Gasteiger partial charge on any atom is -0.497 e. The van der Waals surface area contributed by atoms with E-state index >= 15 is 0 Å². The average Bonchev–Trinajstić information content (AvgIpc) is 2.91. The van der Waals surface area contributed by atoms with E-state index in [0.29, 0.717) is 12.1 Å². The standard InChI is InChI=1S/C17H14BrNO2/c1-21-15-4-5-16(18)14(9-15)10-19-7-6-13-3-2-12(11-20)8-17(13)19/h2-9,11H,10H2,1H3. The van der Waals surface area contributed by atoms with Crippen LogP contribution in [0.2, 0.25) is 0 Å². The van der Waals surface area contributed by atoms with Crippen LogP contribution >= 0.6 is 15.9 Å². The highest BCUT2D eigenvalue weighted by molar-refractivity contribution is 9.10. The lowest BCUT2D eigenvalue weighted by Gasteiger charge is -2.10. The predicted molar refractivity (Wildman–Crippen MR) is 87.1 cm³/mol. The number of carbonyl (C=O) groups excluding carboxylic acids is 1. The van der Waals surface area contributed by atoms with E-state index in [9.17, 15) is 4.79 Å². The maximum Gasteiger partial charge on any atom is 0.150 e. The third-order valence-corrected chi connectivity index (χ3v) is 4.30. The van der Waals surface area contributed by atoms with E-state index in [1.54, 1.807) is 7.11 Å². The maximum absolute atomic E-state index is 10.9. The summed E-state index contributed by atoms with van der Waals surface area (Å²) in [5.74, 6) is 0.832. The molecule has 0 aliphatic rings. The largest absolute Gasteiger partial charge is 0.497 e. The second-order valence-corrected chi connectivity index (χ2v) is 5.69. The highest BCUT2D eigenvalue weighted by atomic mass is 79.9. The number of fused-ring (bicyclic) bond motifs is 1. The van der Waals surface area contributed by atoms with Crippen LogP contribution in [0.15, 0.2) is 53.1 Å². The molecule has 0 bridgehead atoms. The normalized spacial score (nSPS) is 10.8. The fraction of sp³-hybridized carbons (Fsp3) is 0.118. The first kappa shape index (κ1) is 13.9. The van der Waals surface area contributed by atoms with Crippen LogP contribution in [-0.2, 0) is 6.54 Å². The van der Waals surface area contributed by atoms with Crippen molar-refractivity contribution in [2.24, 2.45) is 0 Å². The van der Waals surface area contributed by atoms with Crippen molar-refractivity contribution >= 4 is 33.1 Å². The molecule has 21 heavy (non-hydrogen) atoms. The van der Waals surface area contributed by atoms with Crippen LogP contribution in [-0.4, -0.2) is 18.0 Å². The zero-order valence-corrected chi connectivity index (χ0v) is 13.1. The number of hydrogen-bond acceptors (Lipinski definition) is 2. The van der Waals surface area contributed by atoms with Crippen LogP contribution in [0.3, 0.4) is 0 Å². The molecule has 0 atom stereocenters. The molecule has 0 unspecified atom stereocenters. The molecule has 3 rings (SSSR count). The Morgan fingerprint density at radius 1 is 1.19 bits per heavy atom. The molecule has 1 heterocycles. The first-order valence-electron chi connectivity index (χ1n) is 6.58. The van der Waals surface area contributed by atoms with Crippen LogP contribution in [0.5, 0.6) is 5.75 Å². The number of rotatable bonds is 4. The number of carbonyl (C=O) groups is 1. The van der Waals surface area contributed by atoms with E-state index in [1.807, 2.05) is 42.6 Å². The number of benzene rings is 2. The minimum absolute atomic E-state index is 0.687. The Hall–Kier alpha value is -2.07. The molecule has 2 aromatic carbocycles. The summed E-state index contributed by atoms with van der Waals surface area (Å²) in [6.45, 7) is 0.712. The van der Waals surface area contributed by atoms with Gasteiger partial charge in [0.05, 0.1) is 7.11 Å². The Balaban J connectivity index is 2.03. The monoisotopic (exact) mass is 343 g/mol. The van der Waals surface area contributed by atoms with E-state index in [2.05, 4.69) is 26.6 Å². The molecule has 0 fully saturated rings. The summed E-state index contributed by atoms with van der Waals surface area (Å²) >= 11 is 3.57. The molecule has 0 N–H and O–H groups in total. The number of nitrogens with zero attached hydrogens (tertiary/aromatic N) is 1. The van der Waals surface area contributed by atoms with E-state index in [0.717, 1.165) is 33.0 Å². The van der Waals surface area contributed by atoms with Crippen molar-refractivity contribution in [1.29, 1.82) is 0 Å². The number of hydrogen-bond donors (Lipinski definition) is 0. The van der Waals surface area contributed by atoms with Gasteiger partial charge in [-0.25, -0.2) is 0 Å². The smallest absolute Gasteiger partial charge is 0.150 e. The number of halogens is 1. The van der Waals surface area contributed by atoms with Gasteiger partial charge in [-0.3, -0.25) is 4.79 Å². The van der Waals surface area contributed by atoms with E-state index in [-0.39, 0.29) is 0 Å². The summed E-state index contributed by atoms with van der Waals surface area (Å²) in [5.41, 5.74) is 2.87. The molecule has 0 saturated heterocycles. The molecule has 0 aliphatic carbocycles. The summed E-state index contributed by atoms with van der Waals surface area (Å²) in [6, 6.07) is 13.7. The van der Waals surface area contributed by atoms with E-state index < -0.39 is 0 Å². The Morgan fingerprint density at radius 3 is 2.81 bits per heavy atom. The first-order valence-corrected chi connectivity index (χ1v) is 7.37. The number of aldehydes is 1. The minimum atomic E-state index is 0.687. The van der Waals surface area contributed by atoms with Crippen molar-refractivity contribution in [2.45, 2.75) is 6.54 Å². The van der Waals surface area contributed by atoms with Crippen LogP contribution < -0.4 is 4.74 Å². The van der Waals surface area contributed by atoms with Gasteiger partial charge in [-0.15, -0.1) is 0 Å². The molecule has 3 aromatic rings. The Kier molecular flexibility index (Phi) is 3.80. The molecule has 1 aromatic heterocycles. The fourth-order valence-electron chi connectivity index (χ4n) is 2.39. The average molecular weight is 344 g/mol. The fourth-order valence-corrected chi connectivity index (χ4v) is 2.77. The Bertz CT molecular complexity index is 808. The van der Waals surface area contributed by atoms with Crippen molar-refractivity contribution in [1.82, 2.24) is 4.57 Å². The summed E-state index contributed by atoms with van der Waals surface area (Å²) < 4.78 is 8.44. The maximum atomic E-state index is 10.9. The van der Waals surface area contributed by atoms with Gasteiger partial charge in [0.25, 0.3) is 0 Å². The molecule has 0 aliphatic heterocycles. The Labute approximate surface area is 131 Å². The molecule has 0 spiro atoms. The lowest BCUT2D eigenvalue weighted by molar-refractivity contribution is 0.112. The lowest BCUT2D eigenvalue weighted by atomic mass is 10.1. The van der Waals surface area contributed by atoms with E-state index in [1.165, 1.54) is 0 Å². The van der Waals surface area contributed by atoms with Gasteiger partial charge in [-0.1, -0.05) is 28.1 Å². The number of ether oxygens (including phenoxy) is 1. The first-order chi connectivity index (χ1) is 10.2. The van der Waals surface area contributed by atoms with Gasteiger partial charge in [-0.2, -0.15) is 0 Å². The van der Waals surface area contributed by atoms with Crippen molar-refractivity contribution in [3.63, 3.8) is 0 Å². The molecule has 0 amide bonds. The van der Waals surface area contributed by atoms with Gasteiger partial charge in [0.1, 0.15) is 12.0 Å². The zero-order valence-electron chi connectivity index (χ0n) is 11.5. The van der Waals surface area contributed by atoms with Crippen LogP contribution in [0, 0.1) is 0 Å². The van der Waals surface area contributed by atoms with Crippen LogP contribution in [0.1, 0.15) is 15.9 Å². The second kappa shape index (κ2) is 5.74.